The number of aromatic nitrogens is 2. The van der Waals surface area contributed by atoms with Crippen LogP contribution in [0.5, 0.6) is 0 Å². The topological polar surface area (TPSA) is 67.2 Å². The second-order valence-corrected chi connectivity index (χ2v) is 6.18. The Morgan fingerprint density at radius 3 is 2.60 bits per heavy atom. The van der Waals surface area contributed by atoms with E-state index < -0.39 is 0 Å². The summed E-state index contributed by atoms with van der Waals surface area (Å²) in [4.78, 5) is 11.9. The molecule has 0 bridgehead atoms. The molecule has 1 aliphatic rings. The Balaban J connectivity index is 2.00. The van der Waals surface area contributed by atoms with Crippen molar-refractivity contribution in [1.29, 1.82) is 0 Å². The van der Waals surface area contributed by atoms with Gasteiger partial charge in [-0.25, -0.2) is 0 Å². The van der Waals surface area contributed by atoms with E-state index in [2.05, 4.69) is 10.4 Å². The predicted molar refractivity (Wildman–Crippen MR) is 78.1 cm³/mol. The molecule has 1 aliphatic carbocycles. The van der Waals surface area contributed by atoms with E-state index >= 15 is 0 Å². The Hall–Kier alpha value is -1.62. The van der Waals surface area contributed by atoms with Gasteiger partial charge in [-0.2, -0.15) is 5.10 Å². The Kier molecular flexibility index (Phi) is 3.73. The van der Waals surface area contributed by atoms with Crippen LogP contribution in [0.1, 0.15) is 37.2 Å². The number of amides is 1. The number of carbonyl (C=O) groups excluding carboxylic acids is 1. The van der Waals surface area contributed by atoms with E-state index in [1.807, 2.05) is 34.7 Å². The van der Waals surface area contributed by atoms with E-state index in [1.165, 1.54) is 6.08 Å². The van der Waals surface area contributed by atoms with Gasteiger partial charge in [-0.15, -0.1) is 0 Å². The lowest BCUT2D eigenvalue weighted by atomic mass is 9.64. The van der Waals surface area contributed by atoms with Crippen LogP contribution in [0.25, 0.3) is 6.08 Å². The minimum atomic E-state index is -0.334. The Bertz CT molecular complexity index is 558. The van der Waals surface area contributed by atoms with Crippen LogP contribution >= 0.6 is 0 Å². The van der Waals surface area contributed by atoms with Gasteiger partial charge in [0.25, 0.3) is 0 Å². The van der Waals surface area contributed by atoms with Gasteiger partial charge in [0, 0.05) is 35.8 Å². The number of hydrogen-bond acceptors (Lipinski definition) is 3. The molecule has 1 fully saturated rings. The van der Waals surface area contributed by atoms with E-state index in [-0.39, 0.29) is 23.5 Å². The number of nitrogens with zero attached hydrogens (tertiary/aromatic N) is 2. The van der Waals surface area contributed by atoms with Crippen molar-refractivity contribution in [2.45, 2.75) is 46.3 Å². The van der Waals surface area contributed by atoms with Crippen molar-refractivity contribution < 1.29 is 9.90 Å². The first-order chi connectivity index (χ1) is 9.23. The molecule has 1 amide bonds. The van der Waals surface area contributed by atoms with Crippen LogP contribution < -0.4 is 5.32 Å². The maximum absolute atomic E-state index is 11.9. The van der Waals surface area contributed by atoms with Crippen LogP contribution in [0.15, 0.2) is 6.08 Å². The van der Waals surface area contributed by atoms with Crippen molar-refractivity contribution >= 4 is 12.0 Å². The summed E-state index contributed by atoms with van der Waals surface area (Å²) in [6.07, 6.45) is 3.63. The molecule has 1 aromatic heterocycles. The zero-order chi connectivity index (χ0) is 15.1. The minimum absolute atomic E-state index is 0.0331. The molecule has 110 valence electrons. The van der Waals surface area contributed by atoms with Gasteiger partial charge in [0.15, 0.2) is 0 Å². The molecule has 0 radical (unpaired) electrons. The lowest BCUT2D eigenvalue weighted by Gasteiger charge is -2.49. The van der Waals surface area contributed by atoms with E-state index in [4.69, 9.17) is 0 Å². The number of aliphatic hydroxyl groups is 1. The number of aliphatic hydroxyl groups excluding tert-OH is 1. The van der Waals surface area contributed by atoms with Gasteiger partial charge < -0.3 is 10.4 Å². The molecule has 5 nitrogen and oxygen atoms in total. The summed E-state index contributed by atoms with van der Waals surface area (Å²) in [5.74, 6) is -0.127. The first kappa shape index (κ1) is 14.8. The van der Waals surface area contributed by atoms with Gasteiger partial charge >= 0.3 is 0 Å². The first-order valence-corrected chi connectivity index (χ1v) is 6.90. The Morgan fingerprint density at radius 1 is 1.50 bits per heavy atom. The third kappa shape index (κ3) is 2.50. The van der Waals surface area contributed by atoms with Crippen molar-refractivity contribution in [3.05, 3.63) is 23.0 Å². The van der Waals surface area contributed by atoms with Gasteiger partial charge in [0.2, 0.25) is 5.91 Å². The van der Waals surface area contributed by atoms with Crippen molar-refractivity contribution in [2.24, 2.45) is 12.5 Å². The highest BCUT2D eigenvalue weighted by Crippen LogP contribution is 2.40. The monoisotopic (exact) mass is 277 g/mol. The predicted octanol–water partition coefficient (Wildman–Crippen LogP) is 1.33. The maximum atomic E-state index is 11.9. The van der Waals surface area contributed by atoms with E-state index in [9.17, 15) is 9.90 Å². The largest absolute Gasteiger partial charge is 0.392 e. The Morgan fingerprint density at radius 2 is 2.15 bits per heavy atom. The van der Waals surface area contributed by atoms with Gasteiger partial charge in [0.1, 0.15) is 0 Å². The van der Waals surface area contributed by atoms with Gasteiger partial charge in [-0.3, -0.25) is 9.48 Å². The molecule has 1 aromatic rings. The van der Waals surface area contributed by atoms with Crippen LogP contribution in [0.4, 0.5) is 0 Å². The maximum Gasteiger partial charge on any atom is 0.244 e. The molecule has 2 rings (SSSR count). The average Bonchev–Trinajstić information content (AvgIpc) is 2.61. The summed E-state index contributed by atoms with van der Waals surface area (Å²) in [5, 5.41) is 16.9. The fourth-order valence-electron chi connectivity index (χ4n) is 2.56. The number of nitrogens with one attached hydrogen (secondary N) is 1. The van der Waals surface area contributed by atoms with Gasteiger partial charge in [-0.05, 0) is 26.3 Å². The fraction of sp³-hybridized carbons (Fsp3) is 0.600. The zero-order valence-electron chi connectivity index (χ0n) is 12.8. The standard InChI is InChI=1S/C15H23N3O2/c1-9-11(10(2)18(5)17-9)6-7-14(20)16-12-8-13(19)15(12,3)4/h6-7,12-13,19H,8H2,1-5H3,(H,16,20)/b7-6+. The lowest BCUT2D eigenvalue weighted by molar-refractivity contribution is -0.124. The highest BCUT2D eigenvalue weighted by molar-refractivity contribution is 5.92. The normalized spacial score (nSPS) is 24.7. The van der Waals surface area contributed by atoms with Gasteiger partial charge in [-0.1, -0.05) is 13.8 Å². The van der Waals surface area contributed by atoms with Crippen molar-refractivity contribution in [3.8, 4) is 0 Å². The fourth-order valence-corrected chi connectivity index (χ4v) is 2.56. The molecule has 5 heteroatoms. The van der Waals surface area contributed by atoms with Crippen molar-refractivity contribution in [3.63, 3.8) is 0 Å². The summed E-state index contributed by atoms with van der Waals surface area (Å²) < 4.78 is 1.80. The van der Waals surface area contributed by atoms with E-state index in [1.54, 1.807) is 10.8 Å². The molecule has 0 aromatic carbocycles. The average molecular weight is 277 g/mol. The summed E-state index contributed by atoms with van der Waals surface area (Å²) in [6, 6.07) is 0.0331. The number of carbonyl (C=O) groups is 1. The van der Waals surface area contributed by atoms with Crippen LogP contribution in [0.3, 0.4) is 0 Å². The second-order valence-electron chi connectivity index (χ2n) is 6.18. The number of aryl methyl sites for hydroxylation is 2. The first-order valence-electron chi connectivity index (χ1n) is 6.90. The van der Waals surface area contributed by atoms with Crippen LogP contribution in [-0.4, -0.2) is 32.9 Å². The molecule has 0 saturated heterocycles. The molecular formula is C15H23N3O2. The summed E-state index contributed by atoms with van der Waals surface area (Å²) in [5.41, 5.74) is 2.68. The molecule has 2 N–H and O–H groups in total. The molecule has 1 saturated carbocycles. The summed E-state index contributed by atoms with van der Waals surface area (Å²) in [7, 11) is 1.89. The number of rotatable bonds is 3. The smallest absolute Gasteiger partial charge is 0.244 e. The molecule has 2 atom stereocenters. The zero-order valence-corrected chi connectivity index (χ0v) is 12.8. The second kappa shape index (κ2) is 5.05. The van der Waals surface area contributed by atoms with Crippen molar-refractivity contribution in [2.75, 3.05) is 0 Å². The van der Waals surface area contributed by atoms with Crippen LogP contribution in [-0.2, 0) is 11.8 Å². The number of hydrogen-bond donors (Lipinski definition) is 2. The third-order valence-corrected chi connectivity index (χ3v) is 4.50. The highest BCUT2D eigenvalue weighted by atomic mass is 16.3. The van der Waals surface area contributed by atoms with Crippen LogP contribution in [0.2, 0.25) is 0 Å². The molecule has 0 spiro atoms. The van der Waals surface area contributed by atoms with Crippen LogP contribution in [0, 0.1) is 19.3 Å². The minimum Gasteiger partial charge on any atom is -0.392 e. The molecule has 1 heterocycles. The third-order valence-electron chi connectivity index (χ3n) is 4.50. The summed E-state index contributed by atoms with van der Waals surface area (Å²) in [6.45, 7) is 7.83. The molecule has 2 unspecified atom stereocenters. The van der Waals surface area contributed by atoms with E-state index in [0.717, 1.165) is 17.0 Å². The van der Waals surface area contributed by atoms with Crippen molar-refractivity contribution in [1.82, 2.24) is 15.1 Å². The molecular weight excluding hydrogens is 254 g/mol. The lowest BCUT2D eigenvalue weighted by Crippen LogP contribution is -2.60. The SMILES string of the molecule is Cc1nn(C)c(C)c1/C=C/C(=O)NC1CC(O)C1(C)C. The summed E-state index contributed by atoms with van der Waals surface area (Å²) >= 11 is 0. The quantitative estimate of drug-likeness (QED) is 0.819. The molecule has 0 aliphatic heterocycles. The van der Waals surface area contributed by atoms with Gasteiger partial charge in [0.05, 0.1) is 11.8 Å². The van der Waals surface area contributed by atoms with E-state index in [0.29, 0.717) is 6.42 Å². The highest BCUT2D eigenvalue weighted by Gasteiger charge is 2.47. The molecule has 20 heavy (non-hydrogen) atoms. The Labute approximate surface area is 119 Å².